The van der Waals surface area contributed by atoms with Crippen LogP contribution in [-0.2, 0) is 9.59 Å². The standard InChI is InChI=1S/C13H23N3O4/c1-8(2)6-14-10(17)7-15-12(20)16-13(3,11(18)19)9-4-5-9/h8-9H,4-7H2,1-3H3,(H,14,17)(H,18,19)(H2,15,16,20). The average molecular weight is 285 g/mol. The molecular formula is C13H23N3O4. The zero-order valence-electron chi connectivity index (χ0n) is 12.2. The van der Waals surface area contributed by atoms with Gasteiger partial charge in [0.25, 0.3) is 0 Å². The van der Waals surface area contributed by atoms with E-state index in [9.17, 15) is 19.5 Å². The predicted molar refractivity (Wildman–Crippen MR) is 73.1 cm³/mol. The van der Waals surface area contributed by atoms with Gasteiger partial charge in [-0.2, -0.15) is 0 Å². The number of urea groups is 1. The Morgan fingerprint density at radius 1 is 1.25 bits per heavy atom. The van der Waals surface area contributed by atoms with Crippen molar-refractivity contribution in [2.24, 2.45) is 11.8 Å². The maximum Gasteiger partial charge on any atom is 0.329 e. The number of nitrogens with one attached hydrogen (secondary N) is 3. The third kappa shape index (κ3) is 4.71. The Hall–Kier alpha value is -1.79. The van der Waals surface area contributed by atoms with Crippen molar-refractivity contribution >= 4 is 17.9 Å². The number of hydrogen-bond donors (Lipinski definition) is 4. The highest BCUT2D eigenvalue weighted by Crippen LogP contribution is 2.39. The molecule has 114 valence electrons. The molecule has 1 fully saturated rings. The Bertz CT molecular complexity index is 393. The fourth-order valence-corrected chi connectivity index (χ4v) is 1.81. The molecule has 0 bridgehead atoms. The highest BCUT2D eigenvalue weighted by molar-refractivity contribution is 5.88. The van der Waals surface area contributed by atoms with Gasteiger partial charge in [0.05, 0.1) is 6.54 Å². The third-order valence-corrected chi connectivity index (χ3v) is 3.33. The lowest BCUT2D eigenvalue weighted by molar-refractivity contribution is -0.144. The van der Waals surface area contributed by atoms with E-state index in [2.05, 4.69) is 16.0 Å². The van der Waals surface area contributed by atoms with E-state index in [1.807, 2.05) is 13.8 Å². The molecule has 0 aromatic carbocycles. The first-order chi connectivity index (χ1) is 9.25. The van der Waals surface area contributed by atoms with Gasteiger partial charge in [0.15, 0.2) is 0 Å². The molecule has 7 heteroatoms. The Labute approximate surface area is 118 Å². The maximum absolute atomic E-state index is 11.7. The van der Waals surface area contributed by atoms with Crippen LogP contribution in [0.15, 0.2) is 0 Å². The largest absolute Gasteiger partial charge is 0.480 e. The van der Waals surface area contributed by atoms with Crippen LogP contribution >= 0.6 is 0 Å². The van der Waals surface area contributed by atoms with Gasteiger partial charge >= 0.3 is 12.0 Å². The molecule has 4 N–H and O–H groups in total. The van der Waals surface area contributed by atoms with Gasteiger partial charge in [0.2, 0.25) is 5.91 Å². The summed E-state index contributed by atoms with van der Waals surface area (Å²) >= 11 is 0. The van der Waals surface area contributed by atoms with Crippen LogP contribution in [0.3, 0.4) is 0 Å². The number of carboxylic acids is 1. The van der Waals surface area contributed by atoms with Gasteiger partial charge in [-0.15, -0.1) is 0 Å². The summed E-state index contributed by atoms with van der Waals surface area (Å²) in [6.07, 6.45) is 1.58. The fraction of sp³-hybridized carbons (Fsp3) is 0.769. The molecule has 1 rings (SSSR count). The summed E-state index contributed by atoms with van der Waals surface area (Å²) in [7, 11) is 0. The predicted octanol–water partition coefficient (Wildman–Crippen LogP) is 0.311. The number of aliphatic carboxylic acids is 1. The molecule has 0 saturated heterocycles. The van der Waals surface area contributed by atoms with E-state index in [1.165, 1.54) is 6.92 Å². The fourth-order valence-electron chi connectivity index (χ4n) is 1.81. The van der Waals surface area contributed by atoms with Crippen molar-refractivity contribution in [2.45, 2.75) is 39.2 Å². The lowest BCUT2D eigenvalue weighted by Crippen LogP contribution is -2.57. The molecule has 3 amide bonds. The van der Waals surface area contributed by atoms with Crippen LogP contribution in [-0.4, -0.2) is 41.6 Å². The Morgan fingerprint density at radius 2 is 1.85 bits per heavy atom. The van der Waals surface area contributed by atoms with Crippen LogP contribution < -0.4 is 16.0 Å². The van der Waals surface area contributed by atoms with Crippen molar-refractivity contribution in [1.29, 1.82) is 0 Å². The highest BCUT2D eigenvalue weighted by atomic mass is 16.4. The average Bonchev–Trinajstić information content (AvgIpc) is 3.17. The third-order valence-electron chi connectivity index (χ3n) is 3.33. The Kier molecular flexibility index (Phi) is 5.35. The minimum Gasteiger partial charge on any atom is -0.480 e. The number of rotatable bonds is 7. The minimum absolute atomic E-state index is 0.0412. The van der Waals surface area contributed by atoms with Gasteiger partial charge in [0, 0.05) is 6.54 Å². The van der Waals surface area contributed by atoms with E-state index in [1.54, 1.807) is 0 Å². The summed E-state index contributed by atoms with van der Waals surface area (Å²) in [5.41, 5.74) is -1.27. The highest BCUT2D eigenvalue weighted by Gasteiger charge is 2.48. The number of carboxylic acid groups (broad SMARTS) is 1. The summed E-state index contributed by atoms with van der Waals surface area (Å²) in [6.45, 7) is 5.80. The van der Waals surface area contributed by atoms with Crippen molar-refractivity contribution in [3.05, 3.63) is 0 Å². The first-order valence-electron chi connectivity index (χ1n) is 6.81. The molecular weight excluding hydrogens is 262 g/mol. The quantitative estimate of drug-likeness (QED) is 0.540. The number of amides is 3. The molecule has 1 aliphatic rings. The van der Waals surface area contributed by atoms with Crippen LogP contribution in [0.1, 0.15) is 33.6 Å². The SMILES string of the molecule is CC(C)CNC(=O)CNC(=O)NC(C)(C(=O)O)C1CC1. The molecule has 20 heavy (non-hydrogen) atoms. The summed E-state index contributed by atoms with van der Waals surface area (Å²) in [4.78, 5) is 34.3. The minimum atomic E-state index is -1.27. The van der Waals surface area contributed by atoms with Crippen molar-refractivity contribution in [3.8, 4) is 0 Å². The molecule has 0 spiro atoms. The molecule has 0 aromatic heterocycles. The normalized spacial score (nSPS) is 17.2. The van der Waals surface area contributed by atoms with Gasteiger partial charge in [-0.25, -0.2) is 9.59 Å². The second-order valence-electron chi connectivity index (χ2n) is 5.79. The lowest BCUT2D eigenvalue weighted by Gasteiger charge is -2.26. The van der Waals surface area contributed by atoms with Gasteiger partial charge in [-0.3, -0.25) is 4.79 Å². The van der Waals surface area contributed by atoms with E-state index >= 15 is 0 Å². The Morgan fingerprint density at radius 3 is 2.30 bits per heavy atom. The summed E-state index contributed by atoms with van der Waals surface area (Å²) in [5.74, 6) is -1.06. The molecule has 1 atom stereocenters. The molecule has 0 heterocycles. The van der Waals surface area contributed by atoms with Crippen molar-refractivity contribution in [2.75, 3.05) is 13.1 Å². The zero-order chi connectivity index (χ0) is 15.3. The van der Waals surface area contributed by atoms with Gasteiger partial charge in [-0.05, 0) is 31.6 Å². The second-order valence-corrected chi connectivity index (χ2v) is 5.79. The summed E-state index contributed by atoms with van der Waals surface area (Å²) in [6, 6.07) is -0.638. The van der Waals surface area contributed by atoms with Crippen molar-refractivity contribution < 1.29 is 19.5 Å². The smallest absolute Gasteiger partial charge is 0.329 e. The molecule has 1 saturated carbocycles. The van der Waals surface area contributed by atoms with Crippen LogP contribution in [0.4, 0.5) is 4.79 Å². The number of hydrogen-bond acceptors (Lipinski definition) is 3. The Balaban J connectivity index is 2.36. The van der Waals surface area contributed by atoms with E-state index in [0.717, 1.165) is 12.8 Å². The van der Waals surface area contributed by atoms with Gasteiger partial charge < -0.3 is 21.1 Å². The molecule has 7 nitrogen and oxygen atoms in total. The van der Waals surface area contributed by atoms with E-state index in [0.29, 0.717) is 12.5 Å². The van der Waals surface area contributed by atoms with Crippen molar-refractivity contribution in [3.63, 3.8) is 0 Å². The van der Waals surface area contributed by atoms with Crippen molar-refractivity contribution in [1.82, 2.24) is 16.0 Å². The van der Waals surface area contributed by atoms with Crippen LogP contribution in [0.2, 0.25) is 0 Å². The lowest BCUT2D eigenvalue weighted by atomic mass is 9.96. The van der Waals surface area contributed by atoms with E-state index < -0.39 is 17.5 Å². The van der Waals surface area contributed by atoms with Crippen LogP contribution in [0.5, 0.6) is 0 Å². The van der Waals surface area contributed by atoms with Crippen LogP contribution in [0.25, 0.3) is 0 Å². The molecule has 0 aromatic rings. The zero-order valence-corrected chi connectivity index (χ0v) is 12.2. The van der Waals surface area contributed by atoms with Crippen LogP contribution in [0, 0.1) is 11.8 Å². The molecule has 0 aliphatic heterocycles. The first kappa shape index (κ1) is 16.3. The summed E-state index contributed by atoms with van der Waals surface area (Å²) < 4.78 is 0. The maximum atomic E-state index is 11.7. The topological polar surface area (TPSA) is 108 Å². The monoisotopic (exact) mass is 285 g/mol. The molecule has 1 unspecified atom stereocenters. The summed E-state index contributed by atoms with van der Waals surface area (Å²) in [5, 5.41) is 16.7. The van der Waals surface area contributed by atoms with Gasteiger partial charge in [-0.1, -0.05) is 13.8 Å². The second kappa shape index (κ2) is 6.58. The molecule has 0 radical (unpaired) electrons. The van der Waals surface area contributed by atoms with E-state index in [-0.39, 0.29) is 18.4 Å². The first-order valence-corrected chi connectivity index (χ1v) is 6.81. The molecule has 1 aliphatic carbocycles. The number of carbonyl (C=O) groups is 3. The van der Waals surface area contributed by atoms with E-state index in [4.69, 9.17) is 0 Å². The van der Waals surface area contributed by atoms with Gasteiger partial charge in [0.1, 0.15) is 5.54 Å². The number of carbonyl (C=O) groups excluding carboxylic acids is 2.